The summed E-state index contributed by atoms with van der Waals surface area (Å²) in [5, 5.41) is 5.14. The van der Waals surface area contributed by atoms with Gasteiger partial charge < -0.3 is 0 Å². The highest BCUT2D eigenvalue weighted by Gasteiger charge is 2.18. The third-order valence-corrected chi connectivity index (χ3v) is 3.75. The van der Waals surface area contributed by atoms with Crippen molar-refractivity contribution in [1.29, 1.82) is 0 Å². The second-order valence-electron chi connectivity index (χ2n) is 4.40. The average Bonchev–Trinajstić information content (AvgIpc) is 2.87. The van der Waals surface area contributed by atoms with Crippen LogP contribution in [0.2, 0.25) is 0 Å². The SMILES string of the molecule is CCn1ncc(Br)c1C(=O)c1ccc2ncccc2c1. The normalized spacial score (nSPS) is 10.9. The van der Waals surface area contributed by atoms with Gasteiger partial charge in [-0.2, -0.15) is 5.10 Å². The summed E-state index contributed by atoms with van der Waals surface area (Å²) in [6.45, 7) is 2.61. The van der Waals surface area contributed by atoms with Gasteiger partial charge in [0.05, 0.1) is 16.2 Å². The summed E-state index contributed by atoms with van der Waals surface area (Å²) < 4.78 is 2.41. The lowest BCUT2D eigenvalue weighted by atomic mass is 10.1. The van der Waals surface area contributed by atoms with Crippen molar-refractivity contribution in [3.8, 4) is 0 Å². The molecule has 0 saturated carbocycles. The zero-order valence-corrected chi connectivity index (χ0v) is 12.5. The van der Waals surface area contributed by atoms with Crippen LogP contribution in [0.3, 0.4) is 0 Å². The van der Waals surface area contributed by atoms with Crippen molar-refractivity contribution in [1.82, 2.24) is 14.8 Å². The van der Waals surface area contributed by atoms with E-state index in [-0.39, 0.29) is 5.78 Å². The smallest absolute Gasteiger partial charge is 0.212 e. The van der Waals surface area contributed by atoms with E-state index >= 15 is 0 Å². The molecule has 3 rings (SSSR count). The van der Waals surface area contributed by atoms with Crippen LogP contribution >= 0.6 is 15.9 Å². The highest BCUT2D eigenvalue weighted by Crippen LogP contribution is 2.22. The Bertz CT molecular complexity index is 795. The first kappa shape index (κ1) is 13.0. The van der Waals surface area contributed by atoms with E-state index in [4.69, 9.17) is 0 Å². The molecule has 0 amide bonds. The van der Waals surface area contributed by atoms with Gasteiger partial charge in [-0.3, -0.25) is 14.5 Å². The Morgan fingerprint density at radius 1 is 1.35 bits per heavy atom. The van der Waals surface area contributed by atoms with Crippen LogP contribution in [0.25, 0.3) is 10.9 Å². The predicted octanol–water partition coefficient (Wildman–Crippen LogP) is 3.44. The van der Waals surface area contributed by atoms with Crippen molar-refractivity contribution in [3.05, 3.63) is 58.5 Å². The maximum absolute atomic E-state index is 12.6. The van der Waals surface area contributed by atoms with Gasteiger partial charge in [0.1, 0.15) is 5.69 Å². The number of hydrogen-bond donors (Lipinski definition) is 0. The minimum absolute atomic E-state index is 0.0398. The molecule has 0 aliphatic carbocycles. The first-order valence-corrected chi connectivity index (χ1v) is 7.11. The molecule has 3 aromatic rings. The Kier molecular flexibility index (Phi) is 3.36. The maximum atomic E-state index is 12.6. The number of ketones is 1. The van der Waals surface area contributed by atoms with Crippen LogP contribution in [0.5, 0.6) is 0 Å². The number of carbonyl (C=O) groups is 1. The van der Waals surface area contributed by atoms with Crippen molar-refractivity contribution in [3.63, 3.8) is 0 Å². The Balaban J connectivity index is 2.10. The van der Waals surface area contributed by atoms with Crippen LogP contribution in [-0.4, -0.2) is 20.5 Å². The molecule has 1 aromatic carbocycles. The second kappa shape index (κ2) is 5.17. The van der Waals surface area contributed by atoms with Crippen LogP contribution < -0.4 is 0 Å². The van der Waals surface area contributed by atoms with Crippen molar-refractivity contribution in [2.24, 2.45) is 0 Å². The molecular weight excluding hydrogens is 318 g/mol. The first-order chi connectivity index (χ1) is 9.70. The molecule has 0 bridgehead atoms. The number of carbonyl (C=O) groups excluding carboxylic acids is 1. The molecule has 100 valence electrons. The zero-order chi connectivity index (χ0) is 14.1. The van der Waals surface area contributed by atoms with Gasteiger partial charge in [-0.15, -0.1) is 0 Å². The fourth-order valence-electron chi connectivity index (χ4n) is 2.18. The fourth-order valence-corrected chi connectivity index (χ4v) is 2.66. The number of rotatable bonds is 3. The highest BCUT2D eigenvalue weighted by molar-refractivity contribution is 9.10. The van der Waals surface area contributed by atoms with Gasteiger partial charge in [-0.1, -0.05) is 6.07 Å². The van der Waals surface area contributed by atoms with Gasteiger partial charge in [-0.25, -0.2) is 0 Å². The number of fused-ring (bicyclic) bond motifs is 1. The highest BCUT2D eigenvalue weighted by atomic mass is 79.9. The van der Waals surface area contributed by atoms with Gasteiger partial charge in [0.2, 0.25) is 5.78 Å². The van der Waals surface area contributed by atoms with Gasteiger partial charge in [-0.05, 0) is 47.1 Å². The molecule has 0 saturated heterocycles. The molecule has 2 heterocycles. The molecule has 0 aliphatic heterocycles. The summed E-state index contributed by atoms with van der Waals surface area (Å²) in [5.74, 6) is -0.0398. The largest absolute Gasteiger partial charge is 0.287 e. The number of pyridine rings is 1. The molecule has 4 nitrogen and oxygen atoms in total. The third-order valence-electron chi connectivity index (χ3n) is 3.17. The predicted molar refractivity (Wildman–Crippen MR) is 80.8 cm³/mol. The van der Waals surface area contributed by atoms with Crippen LogP contribution in [0.15, 0.2) is 47.2 Å². The third kappa shape index (κ3) is 2.14. The lowest BCUT2D eigenvalue weighted by molar-refractivity contribution is 0.102. The molecular formula is C15H12BrN3O. The molecule has 0 atom stereocenters. The van der Waals surface area contributed by atoms with Crippen LogP contribution in [0, 0.1) is 0 Å². The quantitative estimate of drug-likeness (QED) is 0.691. The summed E-state index contributed by atoms with van der Waals surface area (Å²) in [7, 11) is 0. The van der Waals surface area contributed by atoms with E-state index in [2.05, 4.69) is 26.0 Å². The number of aromatic nitrogens is 3. The minimum Gasteiger partial charge on any atom is -0.287 e. The molecule has 5 heteroatoms. The molecule has 0 fully saturated rings. The van der Waals surface area contributed by atoms with Crippen LogP contribution in [0.4, 0.5) is 0 Å². The number of hydrogen-bond acceptors (Lipinski definition) is 3. The standard InChI is InChI=1S/C15H12BrN3O/c1-2-19-14(12(16)9-18-19)15(20)11-5-6-13-10(8-11)4-3-7-17-13/h3-9H,2H2,1H3. The monoisotopic (exact) mass is 329 g/mol. The van der Waals surface area contributed by atoms with Crippen molar-refractivity contribution in [2.45, 2.75) is 13.5 Å². The van der Waals surface area contributed by atoms with E-state index in [0.29, 0.717) is 17.8 Å². The molecule has 0 N–H and O–H groups in total. The Morgan fingerprint density at radius 2 is 2.20 bits per heavy atom. The number of aryl methyl sites for hydroxylation is 1. The molecule has 0 radical (unpaired) electrons. The lowest BCUT2D eigenvalue weighted by Gasteiger charge is -2.06. The van der Waals surface area contributed by atoms with Gasteiger partial charge in [0, 0.05) is 23.7 Å². The van der Waals surface area contributed by atoms with Crippen LogP contribution in [0.1, 0.15) is 23.0 Å². The number of nitrogens with zero attached hydrogens (tertiary/aromatic N) is 3. The van der Waals surface area contributed by atoms with Gasteiger partial charge in [0.15, 0.2) is 0 Å². The zero-order valence-electron chi connectivity index (χ0n) is 10.9. The minimum atomic E-state index is -0.0398. The number of halogens is 1. The van der Waals surface area contributed by atoms with E-state index in [1.165, 1.54) is 0 Å². The van der Waals surface area contributed by atoms with Crippen LogP contribution in [-0.2, 0) is 6.54 Å². The van der Waals surface area contributed by atoms with Crippen molar-refractivity contribution < 1.29 is 4.79 Å². The molecule has 0 spiro atoms. The summed E-state index contributed by atoms with van der Waals surface area (Å²) in [6, 6.07) is 9.35. The number of benzene rings is 1. The van der Waals surface area contributed by atoms with E-state index in [1.54, 1.807) is 23.1 Å². The van der Waals surface area contributed by atoms with E-state index in [9.17, 15) is 4.79 Å². The van der Waals surface area contributed by atoms with E-state index in [1.807, 2.05) is 31.2 Å². The topological polar surface area (TPSA) is 47.8 Å². The van der Waals surface area contributed by atoms with Gasteiger partial charge >= 0.3 is 0 Å². The summed E-state index contributed by atoms with van der Waals surface area (Å²) >= 11 is 3.39. The molecule has 2 aromatic heterocycles. The summed E-state index contributed by atoms with van der Waals surface area (Å²) in [5.41, 5.74) is 2.10. The molecule has 20 heavy (non-hydrogen) atoms. The molecule has 0 unspecified atom stereocenters. The maximum Gasteiger partial charge on any atom is 0.212 e. The fraction of sp³-hybridized carbons (Fsp3) is 0.133. The summed E-state index contributed by atoms with van der Waals surface area (Å²) in [6.07, 6.45) is 3.39. The van der Waals surface area contributed by atoms with E-state index < -0.39 is 0 Å². The Labute approximate surface area is 124 Å². The Hall–Kier alpha value is -2.01. The van der Waals surface area contributed by atoms with Crippen molar-refractivity contribution in [2.75, 3.05) is 0 Å². The van der Waals surface area contributed by atoms with Crippen molar-refractivity contribution >= 4 is 32.6 Å². The second-order valence-corrected chi connectivity index (χ2v) is 5.25. The molecule has 0 aliphatic rings. The van der Waals surface area contributed by atoms with Gasteiger partial charge in [0.25, 0.3) is 0 Å². The average molecular weight is 330 g/mol. The lowest BCUT2D eigenvalue weighted by Crippen LogP contribution is -2.11. The summed E-state index contributed by atoms with van der Waals surface area (Å²) in [4.78, 5) is 16.9. The van der Waals surface area contributed by atoms with E-state index in [0.717, 1.165) is 15.4 Å². The Morgan fingerprint density at radius 3 is 3.00 bits per heavy atom. The first-order valence-electron chi connectivity index (χ1n) is 6.31.